The van der Waals surface area contributed by atoms with Crippen LogP contribution in [0.2, 0.25) is 0 Å². The lowest BCUT2D eigenvalue weighted by Gasteiger charge is -2.06. The summed E-state index contributed by atoms with van der Waals surface area (Å²) in [5.41, 5.74) is -0.499. The molecule has 0 aliphatic rings. The van der Waals surface area contributed by atoms with Crippen molar-refractivity contribution in [2.75, 3.05) is 0 Å². The lowest BCUT2D eigenvalue weighted by Crippen LogP contribution is -2.03. The second-order valence-electron chi connectivity index (χ2n) is 2.63. The Balaban J connectivity index is 3.42. The average molecular weight is 275 g/mol. The Morgan fingerprint density at radius 3 is 2.73 bits per heavy atom. The van der Waals surface area contributed by atoms with Crippen molar-refractivity contribution in [3.8, 4) is 6.07 Å². The molecule has 0 spiro atoms. The summed E-state index contributed by atoms with van der Waals surface area (Å²) in [4.78, 5) is 14.0. The lowest BCUT2D eigenvalue weighted by molar-refractivity contribution is 0.111. The number of hydrogen-bond acceptors (Lipinski definition) is 3. The summed E-state index contributed by atoms with van der Waals surface area (Å²) in [7, 11) is 0. The number of nitriles is 1. The molecule has 1 heterocycles. The van der Waals surface area contributed by atoms with Crippen LogP contribution in [0.5, 0.6) is 0 Å². The van der Waals surface area contributed by atoms with Crippen LogP contribution in [0.15, 0.2) is 6.07 Å². The van der Waals surface area contributed by atoms with Gasteiger partial charge in [0.25, 0.3) is 6.43 Å². The van der Waals surface area contributed by atoms with E-state index in [1.165, 1.54) is 6.07 Å². The number of carbonyl (C=O) groups excluding carboxylic acids is 1. The fourth-order valence-electron chi connectivity index (χ4n) is 1.06. The highest BCUT2D eigenvalue weighted by atomic mass is 79.9. The maximum Gasteiger partial charge on any atom is 0.280 e. The molecular formula is C9H5BrF2N2O. The van der Waals surface area contributed by atoms with E-state index in [-0.39, 0.29) is 22.2 Å². The van der Waals surface area contributed by atoms with Crippen LogP contribution in [0.1, 0.15) is 33.7 Å². The first-order valence-corrected chi connectivity index (χ1v) is 4.99. The van der Waals surface area contributed by atoms with Crippen molar-refractivity contribution < 1.29 is 13.6 Å². The zero-order valence-electron chi connectivity index (χ0n) is 7.38. The van der Waals surface area contributed by atoms with Crippen molar-refractivity contribution in [2.24, 2.45) is 0 Å². The Hall–Kier alpha value is -1.35. The normalized spacial score (nSPS) is 10.1. The summed E-state index contributed by atoms with van der Waals surface area (Å²) in [6.07, 6.45) is -2.47. The van der Waals surface area contributed by atoms with Gasteiger partial charge >= 0.3 is 0 Å². The molecule has 78 valence electrons. The molecule has 1 rings (SSSR count). The molecule has 0 atom stereocenters. The van der Waals surface area contributed by atoms with Gasteiger partial charge in [-0.15, -0.1) is 0 Å². The third kappa shape index (κ3) is 2.36. The van der Waals surface area contributed by atoms with Gasteiger partial charge in [-0.05, 0) is 11.6 Å². The average Bonchev–Trinajstić information content (AvgIpc) is 2.26. The number of rotatable bonds is 3. The van der Waals surface area contributed by atoms with Crippen molar-refractivity contribution in [1.29, 1.82) is 5.26 Å². The molecule has 0 aliphatic heterocycles. The Bertz CT molecular complexity index is 429. The summed E-state index contributed by atoms with van der Waals surface area (Å²) in [5, 5.41) is 8.81. The zero-order chi connectivity index (χ0) is 11.4. The molecule has 6 heteroatoms. The van der Waals surface area contributed by atoms with E-state index in [4.69, 9.17) is 5.26 Å². The molecule has 0 amide bonds. The summed E-state index contributed by atoms with van der Waals surface area (Å²) in [6, 6.07) is 2.97. The molecule has 0 saturated carbocycles. The summed E-state index contributed by atoms with van der Waals surface area (Å²) < 4.78 is 25.0. The number of pyridine rings is 1. The molecule has 0 N–H and O–H groups in total. The van der Waals surface area contributed by atoms with Crippen LogP contribution in [0.3, 0.4) is 0 Å². The highest BCUT2D eigenvalue weighted by Crippen LogP contribution is 2.24. The van der Waals surface area contributed by atoms with Crippen LogP contribution in [-0.4, -0.2) is 11.3 Å². The van der Waals surface area contributed by atoms with Gasteiger partial charge in [0.2, 0.25) is 0 Å². The molecule has 0 fully saturated rings. The van der Waals surface area contributed by atoms with Gasteiger partial charge in [0.05, 0.1) is 5.56 Å². The van der Waals surface area contributed by atoms with E-state index in [2.05, 4.69) is 20.9 Å². The Morgan fingerprint density at radius 1 is 1.67 bits per heavy atom. The van der Waals surface area contributed by atoms with Gasteiger partial charge in [0.1, 0.15) is 17.5 Å². The number of aldehydes is 1. The molecule has 3 nitrogen and oxygen atoms in total. The summed E-state index contributed by atoms with van der Waals surface area (Å²) in [5.74, 6) is 0. The molecule has 0 saturated heterocycles. The monoisotopic (exact) mass is 274 g/mol. The van der Waals surface area contributed by atoms with Gasteiger partial charge < -0.3 is 0 Å². The van der Waals surface area contributed by atoms with Gasteiger partial charge in [0.15, 0.2) is 6.29 Å². The second kappa shape index (κ2) is 4.94. The van der Waals surface area contributed by atoms with E-state index in [0.717, 1.165) is 0 Å². The fourth-order valence-corrected chi connectivity index (χ4v) is 1.51. The van der Waals surface area contributed by atoms with Crippen molar-refractivity contribution >= 4 is 22.2 Å². The fraction of sp³-hybridized carbons (Fsp3) is 0.222. The van der Waals surface area contributed by atoms with Crippen LogP contribution in [0.4, 0.5) is 8.78 Å². The van der Waals surface area contributed by atoms with E-state index < -0.39 is 12.1 Å². The van der Waals surface area contributed by atoms with Gasteiger partial charge in [-0.2, -0.15) is 5.26 Å². The Morgan fingerprint density at radius 2 is 2.33 bits per heavy atom. The second-order valence-corrected chi connectivity index (χ2v) is 3.19. The first-order valence-electron chi connectivity index (χ1n) is 3.87. The number of halogens is 3. The number of alkyl halides is 3. The van der Waals surface area contributed by atoms with Crippen molar-refractivity contribution in [3.63, 3.8) is 0 Å². The molecule has 0 aliphatic carbocycles. The topological polar surface area (TPSA) is 53.8 Å². The minimum atomic E-state index is -2.76. The highest BCUT2D eigenvalue weighted by molar-refractivity contribution is 9.08. The molecule has 15 heavy (non-hydrogen) atoms. The van der Waals surface area contributed by atoms with Crippen molar-refractivity contribution in [3.05, 3.63) is 28.6 Å². The summed E-state index contributed by atoms with van der Waals surface area (Å²) in [6.45, 7) is 0. The molecule has 0 aromatic carbocycles. The Labute approximate surface area is 92.9 Å². The predicted octanol–water partition coefficient (Wildman–Crippen LogP) is 2.60. The van der Waals surface area contributed by atoms with Crippen LogP contribution in [0, 0.1) is 11.3 Å². The van der Waals surface area contributed by atoms with Crippen LogP contribution >= 0.6 is 15.9 Å². The number of aromatic nitrogens is 1. The quantitative estimate of drug-likeness (QED) is 0.629. The van der Waals surface area contributed by atoms with Gasteiger partial charge in [-0.1, -0.05) is 15.9 Å². The van der Waals surface area contributed by atoms with Gasteiger partial charge in [0, 0.05) is 5.33 Å². The maximum atomic E-state index is 12.5. The van der Waals surface area contributed by atoms with E-state index in [1.807, 2.05) is 0 Å². The first-order chi connectivity index (χ1) is 7.13. The van der Waals surface area contributed by atoms with Crippen LogP contribution in [-0.2, 0) is 5.33 Å². The summed E-state index contributed by atoms with van der Waals surface area (Å²) >= 11 is 3.02. The zero-order valence-corrected chi connectivity index (χ0v) is 8.96. The molecule has 0 radical (unpaired) electrons. The molecule has 1 aromatic rings. The number of hydrogen-bond donors (Lipinski definition) is 0. The smallest absolute Gasteiger partial charge is 0.280 e. The minimum absolute atomic E-state index is 0.00356. The molecule has 0 unspecified atom stereocenters. The maximum absolute atomic E-state index is 12.5. The van der Waals surface area contributed by atoms with Gasteiger partial charge in [-0.3, -0.25) is 4.79 Å². The van der Waals surface area contributed by atoms with Crippen molar-refractivity contribution in [2.45, 2.75) is 11.8 Å². The molecule has 0 bridgehead atoms. The third-order valence-electron chi connectivity index (χ3n) is 1.75. The Kier molecular flexibility index (Phi) is 3.86. The SMILES string of the molecule is N#Cc1cc(CBr)c(C(F)F)nc1C=O. The van der Waals surface area contributed by atoms with E-state index >= 15 is 0 Å². The number of nitrogens with zero attached hydrogens (tertiary/aromatic N) is 2. The molecular weight excluding hydrogens is 270 g/mol. The standard InChI is InChI=1S/C9H5BrF2N2O/c10-2-5-1-6(3-13)7(4-15)14-8(5)9(11)12/h1,4,9H,2H2. The van der Waals surface area contributed by atoms with Crippen molar-refractivity contribution in [1.82, 2.24) is 4.98 Å². The van der Waals surface area contributed by atoms with Gasteiger partial charge in [-0.25, -0.2) is 13.8 Å². The minimum Gasteiger partial charge on any atom is -0.296 e. The lowest BCUT2D eigenvalue weighted by atomic mass is 10.1. The largest absolute Gasteiger partial charge is 0.296 e. The van der Waals surface area contributed by atoms with Crippen LogP contribution < -0.4 is 0 Å². The van der Waals surface area contributed by atoms with E-state index in [0.29, 0.717) is 6.29 Å². The van der Waals surface area contributed by atoms with Crippen LogP contribution in [0.25, 0.3) is 0 Å². The molecule has 1 aromatic heterocycles. The van der Waals surface area contributed by atoms with E-state index in [9.17, 15) is 13.6 Å². The highest BCUT2D eigenvalue weighted by Gasteiger charge is 2.17. The number of carbonyl (C=O) groups is 1. The first kappa shape index (κ1) is 11.7. The predicted molar refractivity (Wildman–Crippen MR) is 51.9 cm³/mol. The van der Waals surface area contributed by atoms with E-state index in [1.54, 1.807) is 6.07 Å². The third-order valence-corrected chi connectivity index (χ3v) is 2.35.